The molecule has 2 N–H and O–H groups in total. The maximum atomic E-state index is 5.92. The largest absolute Gasteiger partial charge is 0.489 e. The normalized spacial score (nSPS) is 17.1. The fourth-order valence-electron chi connectivity index (χ4n) is 3.21. The minimum Gasteiger partial charge on any atom is -0.489 e. The fourth-order valence-corrected chi connectivity index (χ4v) is 4.07. The van der Waals surface area contributed by atoms with Crippen molar-refractivity contribution in [3.8, 4) is 5.75 Å². The number of halogens is 1. The highest BCUT2D eigenvalue weighted by molar-refractivity contribution is 14.0. The van der Waals surface area contributed by atoms with Gasteiger partial charge in [-0.05, 0) is 30.5 Å². The molecular formula is C21H31IN4O2S. The minimum atomic E-state index is 0. The molecule has 2 heterocycles. The van der Waals surface area contributed by atoms with Crippen LogP contribution in [-0.4, -0.2) is 63.4 Å². The first kappa shape index (κ1) is 23.9. The maximum Gasteiger partial charge on any atom is 0.191 e. The van der Waals surface area contributed by atoms with Gasteiger partial charge in [0.2, 0.25) is 0 Å². The zero-order valence-electron chi connectivity index (χ0n) is 17.0. The zero-order chi connectivity index (χ0) is 19.6. The van der Waals surface area contributed by atoms with Crippen LogP contribution in [0.5, 0.6) is 5.75 Å². The van der Waals surface area contributed by atoms with E-state index in [2.05, 4.69) is 45.0 Å². The Hall–Kier alpha value is -1.36. The molecule has 1 aromatic heterocycles. The number of para-hydroxylation sites is 1. The molecular weight excluding hydrogens is 499 g/mol. The summed E-state index contributed by atoms with van der Waals surface area (Å²) in [5.74, 6) is 1.67. The number of guanidine groups is 1. The average molecular weight is 530 g/mol. The third-order valence-electron chi connectivity index (χ3n) is 4.68. The molecule has 0 saturated carbocycles. The molecule has 1 saturated heterocycles. The summed E-state index contributed by atoms with van der Waals surface area (Å²) in [5.41, 5.74) is 0. The molecule has 0 radical (unpaired) electrons. The number of morpholine rings is 1. The lowest BCUT2D eigenvalue weighted by molar-refractivity contribution is 0.0177. The number of rotatable bonds is 8. The molecule has 2 aromatic rings. The SMILES string of the molecule is CN=C(NCC(C)Oc1ccccc1)NCC(c1cccs1)N1CCOCC1.I. The minimum absolute atomic E-state index is 0. The summed E-state index contributed by atoms with van der Waals surface area (Å²) in [6, 6.07) is 14.5. The first-order valence-electron chi connectivity index (χ1n) is 9.77. The lowest BCUT2D eigenvalue weighted by atomic mass is 10.2. The van der Waals surface area contributed by atoms with Crippen LogP contribution in [0.2, 0.25) is 0 Å². The number of nitrogens with one attached hydrogen (secondary N) is 2. The molecule has 6 nitrogen and oxygen atoms in total. The lowest BCUT2D eigenvalue weighted by Gasteiger charge is -2.34. The average Bonchev–Trinajstić information content (AvgIpc) is 3.26. The smallest absolute Gasteiger partial charge is 0.191 e. The molecule has 29 heavy (non-hydrogen) atoms. The number of hydrogen-bond acceptors (Lipinski definition) is 5. The summed E-state index contributed by atoms with van der Waals surface area (Å²) in [7, 11) is 1.80. The van der Waals surface area contributed by atoms with Gasteiger partial charge in [-0.2, -0.15) is 0 Å². The van der Waals surface area contributed by atoms with Crippen molar-refractivity contribution < 1.29 is 9.47 Å². The van der Waals surface area contributed by atoms with E-state index in [-0.39, 0.29) is 30.1 Å². The van der Waals surface area contributed by atoms with Crippen molar-refractivity contribution in [2.45, 2.75) is 19.1 Å². The summed E-state index contributed by atoms with van der Waals surface area (Å²) >= 11 is 1.80. The maximum absolute atomic E-state index is 5.92. The van der Waals surface area contributed by atoms with Crippen LogP contribution in [0, 0.1) is 0 Å². The van der Waals surface area contributed by atoms with Gasteiger partial charge in [-0.3, -0.25) is 9.89 Å². The molecule has 1 aliphatic heterocycles. The fraction of sp³-hybridized carbons (Fsp3) is 0.476. The highest BCUT2D eigenvalue weighted by Crippen LogP contribution is 2.25. The van der Waals surface area contributed by atoms with E-state index in [9.17, 15) is 0 Å². The van der Waals surface area contributed by atoms with E-state index >= 15 is 0 Å². The summed E-state index contributed by atoms with van der Waals surface area (Å²) in [6.07, 6.45) is 0.0355. The molecule has 8 heteroatoms. The highest BCUT2D eigenvalue weighted by Gasteiger charge is 2.23. The van der Waals surface area contributed by atoms with Crippen molar-refractivity contribution in [2.75, 3.05) is 46.4 Å². The van der Waals surface area contributed by atoms with Crippen LogP contribution in [0.4, 0.5) is 0 Å². The van der Waals surface area contributed by atoms with Gasteiger partial charge in [0.1, 0.15) is 11.9 Å². The van der Waals surface area contributed by atoms with Crippen LogP contribution in [0.1, 0.15) is 17.8 Å². The lowest BCUT2D eigenvalue weighted by Crippen LogP contribution is -2.47. The zero-order valence-corrected chi connectivity index (χ0v) is 20.2. The molecule has 2 atom stereocenters. The van der Waals surface area contributed by atoms with Crippen LogP contribution >= 0.6 is 35.3 Å². The van der Waals surface area contributed by atoms with E-state index < -0.39 is 0 Å². The standard InChI is InChI=1S/C21H30N4O2S.HI/c1-17(27-18-7-4-3-5-8-18)15-23-21(22-2)24-16-19(20-9-6-14-28-20)25-10-12-26-13-11-25;/h3-9,14,17,19H,10-13,15-16H2,1-2H3,(H2,22,23,24);1H. The molecule has 0 spiro atoms. The quantitative estimate of drug-likeness (QED) is 0.312. The number of aliphatic imine (C=N–C) groups is 1. The molecule has 160 valence electrons. The Morgan fingerprint density at radius 2 is 1.86 bits per heavy atom. The molecule has 0 bridgehead atoms. The van der Waals surface area contributed by atoms with E-state index in [0.717, 1.165) is 44.6 Å². The van der Waals surface area contributed by atoms with Crippen LogP contribution in [-0.2, 0) is 4.74 Å². The molecule has 0 aliphatic carbocycles. The summed E-state index contributed by atoms with van der Waals surface area (Å²) in [5, 5.41) is 8.99. The van der Waals surface area contributed by atoms with Gasteiger partial charge in [0.05, 0.1) is 25.8 Å². The first-order chi connectivity index (χ1) is 13.8. The third-order valence-corrected chi connectivity index (χ3v) is 5.66. The number of hydrogen-bond donors (Lipinski definition) is 2. The predicted octanol–water partition coefficient (Wildman–Crippen LogP) is 3.37. The Labute approximate surface area is 194 Å². The summed E-state index contributed by atoms with van der Waals surface area (Å²) < 4.78 is 11.4. The van der Waals surface area contributed by atoms with Crippen LogP contribution in [0.25, 0.3) is 0 Å². The Balaban J connectivity index is 0.00000300. The van der Waals surface area contributed by atoms with Gasteiger partial charge in [0.15, 0.2) is 5.96 Å². The van der Waals surface area contributed by atoms with Crippen molar-refractivity contribution in [3.05, 3.63) is 52.7 Å². The monoisotopic (exact) mass is 530 g/mol. The second kappa shape index (κ2) is 13.0. The Morgan fingerprint density at radius 1 is 1.14 bits per heavy atom. The summed E-state index contributed by atoms with van der Waals surface area (Å²) in [4.78, 5) is 8.21. The number of benzene rings is 1. The third kappa shape index (κ3) is 7.76. The van der Waals surface area contributed by atoms with Crippen LogP contribution < -0.4 is 15.4 Å². The van der Waals surface area contributed by atoms with Gasteiger partial charge in [0.25, 0.3) is 0 Å². The first-order valence-corrected chi connectivity index (χ1v) is 10.7. The Morgan fingerprint density at radius 3 is 2.52 bits per heavy atom. The number of ether oxygens (including phenoxy) is 2. The van der Waals surface area contributed by atoms with Crippen molar-refractivity contribution in [2.24, 2.45) is 4.99 Å². The number of nitrogens with zero attached hydrogens (tertiary/aromatic N) is 2. The van der Waals surface area contributed by atoms with Gasteiger partial charge in [0, 0.05) is 31.6 Å². The Bertz CT molecular complexity index is 709. The topological polar surface area (TPSA) is 58.1 Å². The van der Waals surface area contributed by atoms with Gasteiger partial charge in [-0.15, -0.1) is 35.3 Å². The highest BCUT2D eigenvalue weighted by atomic mass is 127. The van der Waals surface area contributed by atoms with Gasteiger partial charge in [-0.25, -0.2) is 0 Å². The van der Waals surface area contributed by atoms with Crippen molar-refractivity contribution in [3.63, 3.8) is 0 Å². The molecule has 1 aliphatic rings. The molecule has 1 fully saturated rings. The molecule has 3 rings (SSSR count). The van der Waals surface area contributed by atoms with E-state index in [1.807, 2.05) is 30.3 Å². The van der Waals surface area contributed by atoms with E-state index in [0.29, 0.717) is 12.6 Å². The van der Waals surface area contributed by atoms with Gasteiger partial charge in [-0.1, -0.05) is 24.3 Å². The van der Waals surface area contributed by atoms with Crippen molar-refractivity contribution in [1.82, 2.24) is 15.5 Å². The number of thiophene rings is 1. The van der Waals surface area contributed by atoms with Gasteiger partial charge < -0.3 is 20.1 Å². The second-order valence-corrected chi connectivity index (χ2v) is 7.73. The predicted molar refractivity (Wildman–Crippen MR) is 131 cm³/mol. The van der Waals surface area contributed by atoms with Crippen LogP contribution in [0.15, 0.2) is 52.8 Å². The van der Waals surface area contributed by atoms with E-state index in [1.165, 1.54) is 4.88 Å². The summed E-state index contributed by atoms with van der Waals surface area (Å²) in [6.45, 7) is 7.03. The molecule has 2 unspecified atom stereocenters. The Kier molecular flexibility index (Phi) is 10.8. The van der Waals surface area contributed by atoms with Gasteiger partial charge >= 0.3 is 0 Å². The van der Waals surface area contributed by atoms with E-state index in [1.54, 1.807) is 18.4 Å². The van der Waals surface area contributed by atoms with Crippen molar-refractivity contribution >= 4 is 41.3 Å². The van der Waals surface area contributed by atoms with E-state index in [4.69, 9.17) is 9.47 Å². The van der Waals surface area contributed by atoms with Crippen LogP contribution in [0.3, 0.4) is 0 Å². The van der Waals surface area contributed by atoms with Crippen molar-refractivity contribution in [1.29, 1.82) is 0 Å². The molecule has 1 aromatic carbocycles. The molecule has 0 amide bonds. The second-order valence-electron chi connectivity index (χ2n) is 6.76.